The first kappa shape index (κ1) is 10.7. The van der Waals surface area contributed by atoms with Crippen LogP contribution in [0.2, 0.25) is 0 Å². The molecule has 0 aromatic heterocycles. The molecule has 15 heavy (non-hydrogen) atoms. The molecule has 1 heterocycles. The smallest absolute Gasteiger partial charge is 0.139 e. The van der Waals surface area contributed by atoms with Gasteiger partial charge in [0.25, 0.3) is 0 Å². The second-order valence-electron chi connectivity index (χ2n) is 3.78. The summed E-state index contributed by atoms with van der Waals surface area (Å²) in [4.78, 5) is 0. The Bertz CT molecular complexity index is 409. The summed E-state index contributed by atoms with van der Waals surface area (Å²) in [7, 11) is -2.35. The molecule has 1 fully saturated rings. The minimum Gasteiger partial charge on any atom is -0.392 e. The predicted molar refractivity (Wildman–Crippen MR) is 63.0 cm³/mol. The number of aliphatic hydroxyl groups excluding tert-OH is 1. The first-order chi connectivity index (χ1) is 7.27. The molecule has 0 amide bonds. The maximum absolute atomic E-state index is 12.8. The van der Waals surface area contributed by atoms with Gasteiger partial charge in [-0.2, -0.15) is 0 Å². The molecule has 0 radical (unpaired) electrons. The zero-order valence-electron chi connectivity index (χ0n) is 8.60. The van der Waals surface area contributed by atoms with Gasteiger partial charge in [-0.15, -0.1) is 0 Å². The highest BCUT2D eigenvalue weighted by molar-refractivity contribution is 7.75. The summed E-state index contributed by atoms with van der Waals surface area (Å²) in [5, 5.41) is 10.8. The van der Waals surface area contributed by atoms with Gasteiger partial charge < -0.3 is 9.67 Å². The Morgan fingerprint density at radius 3 is 2.73 bits per heavy atom. The van der Waals surface area contributed by atoms with E-state index in [0.29, 0.717) is 0 Å². The summed E-state index contributed by atoms with van der Waals surface area (Å²) in [5.74, 6) is 0. The van der Waals surface area contributed by atoms with Crippen LogP contribution in [0.15, 0.2) is 41.7 Å². The van der Waals surface area contributed by atoms with Gasteiger partial charge in [0.05, 0.1) is 6.61 Å². The van der Waals surface area contributed by atoms with Crippen molar-refractivity contribution >= 4 is 12.4 Å². The van der Waals surface area contributed by atoms with E-state index in [1.807, 2.05) is 30.3 Å². The molecule has 2 rings (SSSR count). The van der Waals surface area contributed by atoms with Gasteiger partial charge in [-0.1, -0.05) is 36.4 Å². The van der Waals surface area contributed by atoms with Crippen molar-refractivity contribution in [2.75, 3.05) is 12.8 Å². The van der Waals surface area contributed by atoms with Crippen LogP contribution >= 0.6 is 7.14 Å². The molecule has 0 bridgehead atoms. The average molecular weight is 222 g/mol. The van der Waals surface area contributed by atoms with Crippen molar-refractivity contribution in [2.45, 2.75) is 12.8 Å². The zero-order chi connectivity index (χ0) is 10.7. The Balaban J connectivity index is 2.42. The minimum absolute atomic E-state index is 0.00778. The molecule has 3 heteroatoms. The molecule has 1 N–H and O–H groups in total. The van der Waals surface area contributed by atoms with Crippen molar-refractivity contribution in [1.82, 2.24) is 0 Å². The fourth-order valence-corrected chi connectivity index (χ4v) is 5.16. The van der Waals surface area contributed by atoms with Crippen LogP contribution in [0.4, 0.5) is 0 Å². The van der Waals surface area contributed by atoms with Gasteiger partial charge in [0.2, 0.25) is 0 Å². The van der Waals surface area contributed by atoms with Crippen molar-refractivity contribution in [3.05, 3.63) is 41.7 Å². The maximum Gasteiger partial charge on any atom is 0.139 e. The van der Waals surface area contributed by atoms with E-state index in [-0.39, 0.29) is 6.61 Å². The summed E-state index contributed by atoms with van der Waals surface area (Å²) in [6.07, 6.45) is 4.31. The standard InChI is InChI=1S/C12H15O2P/c13-9-8-12-7-4-10-15(12,14)11-5-2-1-3-6-11/h1-3,5-6,8,13H,4,7,9-10H2/b12-8-/t15-/m0/s1. The Morgan fingerprint density at radius 2 is 2.07 bits per heavy atom. The van der Waals surface area contributed by atoms with E-state index in [1.165, 1.54) is 0 Å². The van der Waals surface area contributed by atoms with Crippen LogP contribution < -0.4 is 5.30 Å². The van der Waals surface area contributed by atoms with E-state index in [1.54, 1.807) is 6.08 Å². The normalized spacial score (nSPS) is 28.5. The minimum atomic E-state index is -2.35. The summed E-state index contributed by atoms with van der Waals surface area (Å²) >= 11 is 0. The topological polar surface area (TPSA) is 37.3 Å². The van der Waals surface area contributed by atoms with E-state index in [0.717, 1.165) is 29.6 Å². The van der Waals surface area contributed by atoms with Crippen molar-refractivity contribution in [3.8, 4) is 0 Å². The fourth-order valence-electron chi connectivity index (χ4n) is 2.13. The molecule has 0 saturated carbocycles. The number of hydrogen-bond donors (Lipinski definition) is 1. The van der Waals surface area contributed by atoms with E-state index in [9.17, 15) is 4.57 Å². The monoisotopic (exact) mass is 222 g/mol. The van der Waals surface area contributed by atoms with Crippen molar-refractivity contribution < 1.29 is 9.67 Å². The highest BCUT2D eigenvalue weighted by atomic mass is 31.2. The largest absolute Gasteiger partial charge is 0.392 e. The Kier molecular flexibility index (Phi) is 3.08. The van der Waals surface area contributed by atoms with Gasteiger partial charge in [-0.3, -0.25) is 0 Å². The Morgan fingerprint density at radius 1 is 1.33 bits per heavy atom. The molecule has 0 aliphatic carbocycles. The van der Waals surface area contributed by atoms with Crippen LogP contribution in [0.1, 0.15) is 12.8 Å². The third-order valence-corrected chi connectivity index (χ3v) is 6.28. The molecular formula is C12H15O2P. The van der Waals surface area contributed by atoms with Gasteiger partial charge in [-0.25, -0.2) is 0 Å². The van der Waals surface area contributed by atoms with Gasteiger partial charge in [0.15, 0.2) is 0 Å². The molecule has 2 nitrogen and oxygen atoms in total. The lowest BCUT2D eigenvalue weighted by atomic mass is 10.3. The number of aliphatic hydroxyl groups is 1. The zero-order valence-corrected chi connectivity index (χ0v) is 9.49. The molecule has 0 spiro atoms. The summed E-state index contributed by atoms with van der Waals surface area (Å²) in [6.45, 7) is -0.00778. The highest BCUT2D eigenvalue weighted by Crippen LogP contribution is 2.59. The lowest BCUT2D eigenvalue weighted by molar-refractivity contribution is 0.342. The average Bonchev–Trinajstić information content (AvgIpc) is 2.64. The highest BCUT2D eigenvalue weighted by Gasteiger charge is 2.33. The summed E-state index contributed by atoms with van der Waals surface area (Å²) in [6, 6.07) is 9.63. The first-order valence-electron chi connectivity index (χ1n) is 5.22. The van der Waals surface area contributed by atoms with Crippen LogP contribution in [0.3, 0.4) is 0 Å². The molecule has 1 aliphatic heterocycles. The van der Waals surface area contributed by atoms with E-state index < -0.39 is 7.14 Å². The van der Waals surface area contributed by atoms with Gasteiger partial charge >= 0.3 is 0 Å². The van der Waals surface area contributed by atoms with E-state index >= 15 is 0 Å². The molecule has 1 saturated heterocycles. The third-order valence-electron chi connectivity index (χ3n) is 2.87. The number of benzene rings is 1. The van der Waals surface area contributed by atoms with Crippen LogP contribution in [0.5, 0.6) is 0 Å². The number of rotatable bonds is 2. The van der Waals surface area contributed by atoms with Crippen molar-refractivity contribution in [2.24, 2.45) is 0 Å². The van der Waals surface area contributed by atoms with Crippen LogP contribution in [0.25, 0.3) is 0 Å². The molecule has 1 aromatic carbocycles. The summed E-state index contributed by atoms with van der Waals surface area (Å²) < 4.78 is 12.8. The number of hydrogen-bond acceptors (Lipinski definition) is 2. The Hall–Kier alpha value is -0.850. The Labute approximate surface area is 90.0 Å². The van der Waals surface area contributed by atoms with Crippen LogP contribution in [-0.2, 0) is 4.57 Å². The first-order valence-corrected chi connectivity index (χ1v) is 7.12. The lowest BCUT2D eigenvalue weighted by Crippen LogP contribution is -2.04. The fraction of sp³-hybridized carbons (Fsp3) is 0.333. The molecule has 1 atom stereocenters. The lowest BCUT2D eigenvalue weighted by Gasteiger charge is -2.13. The molecule has 80 valence electrons. The SMILES string of the molecule is O=[P@]1(c2ccccc2)CCC/C1=C/CO. The molecule has 0 unspecified atom stereocenters. The molecule has 1 aliphatic rings. The number of allylic oxidation sites excluding steroid dienone is 1. The maximum atomic E-state index is 12.8. The van der Waals surface area contributed by atoms with Gasteiger partial charge in [0.1, 0.15) is 7.14 Å². The third kappa shape index (κ3) is 1.92. The van der Waals surface area contributed by atoms with Crippen molar-refractivity contribution in [1.29, 1.82) is 0 Å². The quantitative estimate of drug-likeness (QED) is 0.780. The van der Waals surface area contributed by atoms with Gasteiger partial charge in [-0.05, 0) is 18.2 Å². The molecule has 1 aromatic rings. The predicted octanol–water partition coefficient (Wildman–Crippen LogP) is 2.35. The van der Waals surface area contributed by atoms with E-state index in [4.69, 9.17) is 5.11 Å². The van der Waals surface area contributed by atoms with Gasteiger partial charge in [0, 0.05) is 11.5 Å². The van der Waals surface area contributed by atoms with Crippen molar-refractivity contribution in [3.63, 3.8) is 0 Å². The van der Waals surface area contributed by atoms with Crippen LogP contribution in [-0.4, -0.2) is 17.9 Å². The van der Waals surface area contributed by atoms with Crippen LogP contribution in [0, 0.1) is 0 Å². The molecular weight excluding hydrogens is 207 g/mol. The summed E-state index contributed by atoms with van der Waals surface area (Å²) in [5.41, 5.74) is 0. The second-order valence-corrected chi connectivity index (χ2v) is 6.80. The van der Waals surface area contributed by atoms with E-state index in [2.05, 4.69) is 0 Å². The second kappa shape index (κ2) is 4.34.